The number of esters is 1. The van der Waals surface area contributed by atoms with E-state index in [4.69, 9.17) is 17.0 Å². The molecule has 2 heterocycles. The molecule has 2 aliphatic rings. The van der Waals surface area contributed by atoms with Gasteiger partial charge in [0, 0.05) is 36.1 Å². The Morgan fingerprint density at radius 3 is 1.70 bits per heavy atom. The van der Waals surface area contributed by atoms with E-state index in [9.17, 15) is 14.4 Å². The molecule has 2 amide bonds. The van der Waals surface area contributed by atoms with Gasteiger partial charge >= 0.3 is 5.97 Å². The van der Waals surface area contributed by atoms with E-state index in [0.717, 1.165) is 0 Å². The minimum Gasteiger partial charge on any atom is -0.462 e. The molecular weight excluding hydrogens is 486 g/mol. The van der Waals surface area contributed by atoms with Gasteiger partial charge < -0.3 is 19.4 Å². The van der Waals surface area contributed by atoms with Crippen molar-refractivity contribution in [2.75, 3.05) is 24.6 Å². The van der Waals surface area contributed by atoms with Gasteiger partial charge in [-0.05, 0) is 43.3 Å². The molecule has 0 N–H and O–H groups in total. The summed E-state index contributed by atoms with van der Waals surface area (Å²) in [6.07, 6.45) is 1.59. The number of benzene rings is 3. The third-order valence-electron chi connectivity index (χ3n) is 6.54. The standard InChI is InChI=1S/C29H25N3O4S/c1-2-36-27(35)24-20-30(23-16-10-5-11-17-23)28(37)29(24)31(25(33)21-12-6-3-7-13-21)18-19-32(29)26(34)22-14-8-4-9-15-22/h3-17,20H,2,18-19H2,1H3. The van der Waals surface area contributed by atoms with Crippen molar-refractivity contribution in [1.82, 2.24) is 9.80 Å². The normalized spacial score (nSPS) is 16.2. The molecule has 5 rings (SSSR count). The Bertz CT molecular complexity index is 1320. The third kappa shape index (κ3) is 3.99. The van der Waals surface area contributed by atoms with Crippen LogP contribution in [0.3, 0.4) is 0 Å². The first-order valence-corrected chi connectivity index (χ1v) is 12.4. The molecular formula is C29H25N3O4S. The van der Waals surface area contributed by atoms with Crippen molar-refractivity contribution in [3.05, 3.63) is 114 Å². The van der Waals surface area contributed by atoms with Crippen LogP contribution in [0.25, 0.3) is 0 Å². The molecule has 1 saturated heterocycles. The number of anilines is 1. The van der Waals surface area contributed by atoms with E-state index in [0.29, 0.717) is 16.8 Å². The van der Waals surface area contributed by atoms with Crippen LogP contribution in [0, 0.1) is 0 Å². The van der Waals surface area contributed by atoms with E-state index in [2.05, 4.69) is 0 Å². The van der Waals surface area contributed by atoms with Crippen LogP contribution in [0.2, 0.25) is 0 Å². The number of para-hydroxylation sites is 1. The Hall–Kier alpha value is -4.30. The summed E-state index contributed by atoms with van der Waals surface area (Å²) in [4.78, 5) is 46.4. The summed E-state index contributed by atoms with van der Waals surface area (Å²) in [6.45, 7) is 2.21. The van der Waals surface area contributed by atoms with Gasteiger partial charge in [-0.25, -0.2) is 4.79 Å². The number of ether oxygens (including phenoxy) is 1. The number of hydrogen-bond acceptors (Lipinski definition) is 5. The van der Waals surface area contributed by atoms with Crippen LogP contribution >= 0.6 is 12.2 Å². The molecule has 3 aromatic rings. The SMILES string of the molecule is CCOC(=O)C1=CN(c2ccccc2)C(=S)C12N(C(=O)c1ccccc1)CCN2C(=O)c1ccccc1. The van der Waals surface area contributed by atoms with Gasteiger partial charge in [-0.2, -0.15) is 0 Å². The lowest BCUT2D eigenvalue weighted by Crippen LogP contribution is -2.64. The fourth-order valence-corrected chi connectivity index (χ4v) is 5.39. The van der Waals surface area contributed by atoms with Crippen LogP contribution in [0.4, 0.5) is 5.69 Å². The topological polar surface area (TPSA) is 70.2 Å². The van der Waals surface area contributed by atoms with Gasteiger partial charge in [0.15, 0.2) is 0 Å². The van der Waals surface area contributed by atoms with E-state index in [1.165, 1.54) is 9.80 Å². The second-order valence-corrected chi connectivity index (χ2v) is 8.98. The van der Waals surface area contributed by atoms with Crippen molar-refractivity contribution in [1.29, 1.82) is 0 Å². The second kappa shape index (κ2) is 9.99. The summed E-state index contributed by atoms with van der Waals surface area (Å²) >= 11 is 6.05. The minimum absolute atomic E-state index is 0.120. The first kappa shape index (κ1) is 24.4. The van der Waals surface area contributed by atoms with Crippen LogP contribution in [0.1, 0.15) is 27.6 Å². The Kier molecular flexibility index (Phi) is 6.58. The molecule has 0 radical (unpaired) electrons. The molecule has 7 nitrogen and oxygen atoms in total. The molecule has 1 fully saturated rings. The molecule has 37 heavy (non-hydrogen) atoms. The monoisotopic (exact) mass is 511 g/mol. The first-order chi connectivity index (χ1) is 18.0. The summed E-state index contributed by atoms with van der Waals surface area (Å²) < 4.78 is 5.44. The third-order valence-corrected chi connectivity index (χ3v) is 7.02. The minimum atomic E-state index is -1.64. The number of carbonyl (C=O) groups is 3. The van der Waals surface area contributed by atoms with Crippen LogP contribution in [-0.4, -0.2) is 57.9 Å². The first-order valence-electron chi connectivity index (χ1n) is 12.0. The Morgan fingerprint density at radius 1 is 0.784 bits per heavy atom. The van der Waals surface area contributed by atoms with Gasteiger partial charge in [0.25, 0.3) is 11.8 Å². The van der Waals surface area contributed by atoms with Crippen molar-refractivity contribution in [3.63, 3.8) is 0 Å². The number of thiocarbonyl (C=S) groups is 1. The summed E-state index contributed by atoms with van der Waals surface area (Å²) in [6, 6.07) is 26.9. The van der Waals surface area contributed by atoms with Gasteiger partial charge in [0.05, 0.1) is 6.61 Å². The Morgan fingerprint density at radius 2 is 1.24 bits per heavy atom. The maximum absolute atomic E-state index is 14.0. The highest BCUT2D eigenvalue weighted by atomic mass is 32.1. The predicted octanol–water partition coefficient (Wildman–Crippen LogP) is 4.28. The van der Waals surface area contributed by atoms with E-state index in [-0.39, 0.29) is 42.1 Å². The lowest BCUT2D eigenvalue weighted by atomic mass is 9.97. The van der Waals surface area contributed by atoms with E-state index >= 15 is 0 Å². The van der Waals surface area contributed by atoms with Crippen molar-refractivity contribution < 1.29 is 19.1 Å². The summed E-state index contributed by atoms with van der Waals surface area (Å²) in [5.41, 5.74) is 0.0451. The predicted molar refractivity (Wildman–Crippen MR) is 144 cm³/mol. The Balaban J connectivity index is 1.71. The molecule has 0 saturated carbocycles. The van der Waals surface area contributed by atoms with Crippen molar-refractivity contribution in [2.45, 2.75) is 12.6 Å². The summed E-state index contributed by atoms with van der Waals surface area (Å²) in [5.74, 6) is -1.31. The highest BCUT2D eigenvalue weighted by Gasteiger charge is 2.63. The second-order valence-electron chi connectivity index (χ2n) is 8.59. The molecule has 3 aromatic carbocycles. The summed E-state index contributed by atoms with van der Waals surface area (Å²) in [7, 11) is 0. The van der Waals surface area contributed by atoms with Gasteiger partial charge in [-0.15, -0.1) is 0 Å². The van der Waals surface area contributed by atoms with E-state index < -0.39 is 11.6 Å². The van der Waals surface area contributed by atoms with Gasteiger partial charge in [-0.1, -0.05) is 66.8 Å². The smallest absolute Gasteiger partial charge is 0.340 e. The van der Waals surface area contributed by atoms with Crippen molar-refractivity contribution in [2.24, 2.45) is 0 Å². The fraction of sp³-hybridized carbons (Fsp3) is 0.172. The average molecular weight is 512 g/mol. The van der Waals surface area contributed by atoms with Crippen LogP contribution < -0.4 is 4.90 Å². The van der Waals surface area contributed by atoms with Crippen LogP contribution in [0.15, 0.2) is 103 Å². The number of rotatable bonds is 5. The average Bonchev–Trinajstić information content (AvgIpc) is 3.48. The number of amides is 2. The van der Waals surface area contributed by atoms with Crippen molar-refractivity contribution in [3.8, 4) is 0 Å². The van der Waals surface area contributed by atoms with Gasteiger partial charge in [0.1, 0.15) is 10.6 Å². The lowest BCUT2D eigenvalue weighted by Gasteiger charge is -2.42. The maximum Gasteiger partial charge on any atom is 0.340 e. The summed E-state index contributed by atoms with van der Waals surface area (Å²) in [5, 5.41) is 0. The van der Waals surface area contributed by atoms with Crippen LogP contribution in [0.5, 0.6) is 0 Å². The number of nitrogens with zero attached hydrogens (tertiary/aromatic N) is 3. The van der Waals surface area contributed by atoms with Gasteiger partial charge in [0.2, 0.25) is 5.66 Å². The zero-order chi connectivity index (χ0) is 26.0. The fourth-order valence-electron chi connectivity index (χ4n) is 4.91. The number of carbonyl (C=O) groups excluding carboxylic acids is 3. The highest BCUT2D eigenvalue weighted by molar-refractivity contribution is 7.81. The molecule has 8 heteroatoms. The Labute approximate surface area is 220 Å². The maximum atomic E-state index is 14.0. The highest BCUT2D eigenvalue weighted by Crippen LogP contribution is 2.44. The van der Waals surface area contributed by atoms with Gasteiger partial charge in [-0.3, -0.25) is 9.59 Å². The molecule has 0 bridgehead atoms. The quantitative estimate of drug-likeness (QED) is 0.376. The van der Waals surface area contributed by atoms with E-state index in [1.54, 1.807) is 66.6 Å². The molecule has 186 valence electrons. The molecule has 0 unspecified atom stereocenters. The van der Waals surface area contributed by atoms with E-state index in [1.807, 2.05) is 42.5 Å². The molecule has 2 aliphatic heterocycles. The molecule has 0 atom stereocenters. The van der Waals surface area contributed by atoms with Crippen LogP contribution in [-0.2, 0) is 9.53 Å². The number of hydrogen-bond donors (Lipinski definition) is 0. The lowest BCUT2D eigenvalue weighted by molar-refractivity contribution is -0.139. The molecule has 1 spiro atoms. The molecule has 0 aromatic heterocycles. The zero-order valence-electron chi connectivity index (χ0n) is 20.2. The largest absolute Gasteiger partial charge is 0.462 e. The molecule has 0 aliphatic carbocycles. The van der Waals surface area contributed by atoms with Crippen molar-refractivity contribution >= 4 is 40.7 Å². The zero-order valence-corrected chi connectivity index (χ0v) is 21.1.